The average Bonchev–Trinajstić information content (AvgIpc) is 3.41. The number of aromatic hydroxyl groups is 1. The lowest BCUT2D eigenvalue weighted by Gasteiger charge is -2.40. The van der Waals surface area contributed by atoms with E-state index < -0.39 is 0 Å². The predicted molar refractivity (Wildman–Crippen MR) is 110 cm³/mol. The lowest BCUT2D eigenvalue weighted by molar-refractivity contribution is -0.0764. The molecule has 29 heavy (non-hydrogen) atoms. The molecule has 3 aromatic heterocycles. The zero-order chi connectivity index (χ0) is 20.0. The Hall–Kier alpha value is -2.68. The first-order chi connectivity index (χ1) is 14.1. The van der Waals surface area contributed by atoms with Gasteiger partial charge >= 0.3 is 0 Å². The van der Waals surface area contributed by atoms with Gasteiger partial charge in [-0.2, -0.15) is 9.50 Å². The van der Waals surface area contributed by atoms with Crippen molar-refractivity contribution in [2.45, 2.75) is 32.1 Å². The summed E-state index contributed by atoms with van der Waals surface area (Å²) in [6.07, 6.45) is 1.83. The van der Waals surface area contributed by atoms with Gasteiger partial charge in [0.15, 0.2) is 5.76 Å². The molecule has 1 fully saturated rings. The van der Waals surface area contributed by atoms with Gasteiger partial charge in [0.05, 0.1) is 29.4 Å². The number of benzene rings is 1. The third-order valence-corrected chi connectivity index (χ3v) is 6.19. The molecule has 1 aliphatic heterocycles. The number of fused-ring (bicyclic) bond motifs is 1. The zero-order valence-electron chi connectivity index (χ0n) is 16.2. The van der Waals surface area contributed by atoms with Crippen molar-refractivity contribution in [3.8, 4) is 17.5 Å². The fourth-order valence-electron chi connectivity index (χ4n) is 4.03. The van der Waals surface area contributed by atoms with E-state index in [-0.39, 0.29) is 24.1 Å². The molecule has 8 heteroatoms. The normalized spacial score (nSPS) is 21.6. The minimum atomic E-state index is -0.0921. The van der Waals surface area contributed by atoms with Crippen LogP contribution in [-0.2, 0) is 4.74 Å². The molecule has 1 aliphatic rings. The quantitative estimate of drug-likeness (QED) is 0.549. The standard InChI is InChI=1S/C21H22N4O3S/c1-13-11-24(12-14(2)28-13)17(15-7-4-3-5-8-15)18-20(26)25-21(29-18)22-19(23-25)16-9-6-10-27-16/h3-10,13-14,17,26H,11-12H2,1-2H3/t13-,14+,17-/m1/s1. The molecule has 1 aromatic carbocycles. The fourth-order valence-corrected chi connectivity index (χ4v) is 5.15. The Morgan fingerprint density at radius 1 is 1.10 bits per heavy atom. The van der Waals surface area contributed by atoms with Gasteiger partial charge in [-0.05, 0) is 31.5 Å². The zero-order valence-corrected chi connectivity index (χ0v) is 17.0. The molecule has 150 valence electrons. The van der Waals surface area contributed by atoms with E-state index in [9.17, 15) is 5.11 Å². The van der Waals surface area contributed by atoms with Crippen molar-refractivity contribution in [3.63, 3.8) is 0 Å². The largest absolute Gasteiger partial charge is 0.492 e. The summed E-state index contributed by atoms with van der Waals surface area (Å²) in [7, 11) is 0. The maximum absolute atomic E-state index is 11.1. The van der Waals surface area contributed by atoms with Crippen LogP contribution in [0.15, 0.2) is 53.1 Å². The maximum atomic E-state index is 11.1. The molecule has 1 saturated heterocycles. The van der Waals surface area contributed by atoms with Gasteiger partial charge < -0.3 is 14.3 Å². The third kappa shape index (κ3) is 3.33. The molecule has 3 atom stereocenters. The Labute approximate surface area is 172 Å². The number of rotatable bonds is 4. The lowest BCUT2D eigenvalue weighted by Crippen LogP contribution is -2.47. The van der Waals surface area contributed by atoms with Gasteiger partial charge in [0.2, 0.25) is 16.7 Å². The monoisotopic (exact) mass is 410 g/mol. The molecular formula is C21H22N4O3S. The van der Waals surface area contributed by atoms with E-state index in [1.54, 1.807) is 18.4 Å². The van der Waals surface area contributed by atoms with Crippen molar-refractivity contribution in [3.05, 3.63) is 59.2 Å². The summed E-state index contributed by atoms with van der Waals surface area (Å²) < 4.78 is 12.8. The van der Waals surface area contributed by atoms with Crippen molar-refractivity contribution in [2.75, 3.05) is 13.1 Å². The molecular weight excluding hydrogens is 388 g/mol. The van der Waals surface area contributed by atoms with E-state index in [1.807, 2.05) is 18.2 Å². The predicted octanol–water partition coefficient (Wildman–Crippen LogP) is 3.96. The summed E-state index contributed by atoms with van der Waals surface area (Å²) >= 11 is 1.46. The maximum Gasteiger partial charge on any atom is 0.230 e. The van der Waals surface area contributed by atoms with Crippen LogP contribution >= 0.6 is 11.3 Å². The number of hydrogen-bond acceptors (Lipinski definition) is 7. The summed E-state index contributed by atoms with van der Waals surface area (Å²) in [6.45, 7) is 5.75. The topological polar surface area (TPSA) is 76.0 Å². The molecule has 0 amide bonds. The molecule has 0 radical (unpaired) electrons. The Balaban J connectivity index is 1.59. The van der Waals surface area contributed by atoms with Gasteiger partial charge in [-0.1, -0.05) is 41.7 Å². The van der Waals surface area contributed by atoms with Crippen LogP contribution < -0.4 is 0 Å². The second-order valence-electron chi connectivity index (χ2n) is 7.42. The molecule has 0 aliphatic carbocycles. The van der Waals surface area contributed by atoms with Crippen LogP contribution in [0.1, 0.15) is 30.3 Å². The van der Waals surface area contributed by atoms with E-state index in [2.05, 4.69) is 41.0 Å². The minimum Gasteiger partial charge on any atom is -0.492 e. The van der Waals surface area contributed by atoms with Crippen molar-refractivity contribution < 1.29 is 14.3 Å². The minimum absolute atomic E-state index is 0.0921. The lowest BCUT2D eigenvalue weighted by atomic mass is 10.0. The van der Waals surface area contributed by atoms with Gasteiger partial charge in [-0.25, -0.2) is 0 Å². The first-order valence-electron chi connectivity index (χ1n) is 9.67. The van der Waals surface area contributed by atoms with Crippen LogP contribution in [0.4, 0.5) is 0 Å². The van der Waals surface area contributed by atoms with Crippen molar-refractivity contribution >= 4 is 16.3 Å². The van der Waals surface area contributed by atoms with Gasteiger partial charge in [-0.3, -0.25) is 4.90 Å². The van der Waals surface area contributed by atoms with E-state index in [4.69, 9.17) is 9.15 Å². The van der Waals surface area contributed by atoms with E-state index in [1.165, 1.54) is 15.9 Å². The van der Waals surface area contributed by atoms with Crippen molar-refractivity contribution in [1.29, 1.82) is 0 Å². The van der Waals surface area contributed by atoms with E-state index in [0.29, 0.717) is 16.5 Å². The highest BCUT2D eigenvalue weighted by molar-refractivity contribution is 7.17. The highest BCUT2D eigenvalue weighted by Crippen LogP contribution is 2.41. The summed E-state index contributed by atoms with van der Waals surface area (Å²) in [5.41, 5.74) is 1.12. The van der Waals surface area contributed by atoms with Crippen LogP contribution in [0.3, 0.4) is 0 Å². The second kappa shape index (κ2) is 7.29. The summed E-state index contributed by atoms with van der Waals surface area (Å²) in [4.78, 5) is 8.40. The smallest absolute Gasteiger partial charge is 0.230 e. The Bertz CT molecular complexity index is 1100. The molecule has 0 bridgehead atoms. The number of nitrogens with zero attached hydrogens (tertiary/aromatic N) is 4. The Morgan fingerprint density at radius 3 is 2.52 bits per heavy atom. The van der Waals surface area contributed by atoms with Crippen molar-refractivity contribution in [2.24, 2.45) is 0 Å². The van der Waals surface area contributed by atoms with Gasteiger partial charge in [-0.15, -0.1) is 5.10 Å². The third-order valence-electron chi connectivity index (χ3n) is 5.12. The van der Waals surface area contributed by atoms with Crippen LogP contribution in [0, 0.1) is 0 Å². The summed E-state index contributed by atoms with van der Waals surface area (Å²) in [5, 5.41) is 15.5. The van der Waals surface area contributed by atoms with E-state index >= 15 is 0 Å². The summed E-state index contributed by atoms with van der Waals surface area (Å²) in [6, 6.07) is 13.8. The number of hydrogen-bond donors (Lipinski definition) is 1. The van der Waals surface area contributed by atoms with Crippen molar-refractivity contribution in [1.82, 2.24) is 19.5 Å². The highest BCUT2D eigenvalue weighted by atomic mass is 32.1. The van der Waals surface area contributed by atoms with Gasteiger partial charge in [0, 0.05) is 13.1 Å². The Kier molecular flexibility index (Phi) is 4.61. The number of furan rings is 1. The summed E-state index contributed by atoms with van der Waals surface area (Å²) in [5.74, 6) is 1.17. The van der Waals surface area contributed by atoms with Crippen LogP contribution in [-0.4, -0.2) is 49.9 Å². The van der Waals surface area contributed by atoms with E-state index in [0.717, 1.165) is 23.5 Å². The number of morpholine rings is 1. The second-order valence-corrected chi connectivity index (χ2v) is 8.43. The molecule has 4 heterocycles. The molecule has 0 unspecified atom stereocenters. The number of aromatic nitrogens is 3. The highest BCUT2D eigenvalue weighted by Gasteiger charge is 2.34. The molecule has 0 saturated carbocycles. The first kappa shape index (κ1) is 18.4. The van der Waals surface area contributed by atoms with Crippen LogP contribution in [0.2, 0.25) is 0 Å². The number of ether oxygens (including phenoxy) is 1. The molecule has 0 spiro atoms. The van der Waals surface area contributed by atoms with Gasteiger partial charge in [0.1, 0.15) is 0 Å². The van der Waals surface area contributed by atoms with Crippen LogP contribution in [0.5, 0.6) is 5.88 Å². The molecule has 5 rings (SSSR count). The van der Waals surface area contributed by atoms with Crippen LogP contribution in [0.25, 0.3) is 16.5 Å². The van der Waals surface area contributed by atoms with Gasteiger partial charge in [0.25, 0.3) is 0 Å². The molecule has 7 nitrogen and oxygen atoms in total. The molecule has 1 N–H and O–H groups in total. The molecule has 4 aromatic rings. The average molecular weight is 410 g/mol. The first-order valence-corrected chi connectivity index (χ1v) is 10.5. The SMILES string of the molecule is C[C@@H]1CN([C@H](c2ccccc2)c2sc3nc(-c4ccco4)nn3c2O)C[C@H](C)O1. The Morgan fingerprint density at radius 2 is 1.86 bits per heavy atom. The fraction of sp³-hybridized carbons (Fsp3) is 0.333. The number of thiazole rings is 1.